The summed E-state index contributed by atoms with van der Waals surface area (Å²) in [5.74, 6) is 0.903. The molecule has 2 saturated carbocycles. The Labute approximate surface area is 69.4 Å². The van der Waals surface area contributed by atoms with E-state index in [4.69, 9.17) is 5.73 Å². The summed E-state index contributed by atoms with van der Waals surface area (Å²) in [6.45, 7) is 2.40. The van der Waals surface area contributed by atoms with Gasteiger partial charge in [-0.05, 0) is 24.2 Å². The van der Waals surface area contributed by atoms with Crippen LogP contribution < -0.4 is 5.73 Å². The van der Waals surface area contributed by atoms with E-state index in [1.54, 1.807) is 0 Å². The third-order valence-electron chi connectivity index (χ3n) is 3.94. The highest BCUT2D eigenvalue weighted by atomic mass is 14.8. The predicted molar refractivity (Wildman–Crippen MR) is 47.3 cm³/mol. The van der Waals surface area contributed by atoms with Crippen molar-refractivity contribution in [1.82, 2.24) is 0 Å². The Morgan fingerprint density at radius 1 is 1.27 bits per heavy atom. The van der Waals surface area contributed by atoms with Gasteiger partial charge in [0.1, 0.15) is 0 Å². The fraction of sp³-hybridized carbons (Fsp3) is 1.00. The smallest absolute Gasteiger partial charge is 0.0105 e. The molecule has 2 fully saturated rings. The van der Waals surface area contributed by atoms with Gasteiger partial charge < -0.3 is 5.73 Å². The summed E-state index contributed by atoms with van der Waals surface area (Å²) in [5.41, 5.74) is 6.60. The minimum Gasteiger partial charge on any atom is -0.327 e. The van der Waals surface area contributed by atoms with Crippen molar-refractivity contribution in [2.45, 2.75) is 51.5 Å². The van der Waals surface area contributed by atoms with Gasteiger partial charge in [-0.2, -0.15) is 0 Å². The maximum absolute atomic E-state index is 5.99. The highest BCUT2D eigenvalue weighted by Gasteiger charge is 2.54. The number of nitrogens with two attached hydrogens (primary N) is 1. The maximum atomic E-state index is 5.99. The van der Waals surface area contributed by atoms with E-state index in [2.05, 4.69) is 6.92 Å². The molecule has 1 spiro atoms. The van der Waals surface area contributed by atoms with E-state index >= 15 is 0 Å². The number of hydrogen-bond donors (Lipinski definition) is 1. The van der Waals surface area contributed by atoms with E-state index < -0.39 is 0 Å². The van der Waals surface area contributed by atoms with Crippen LogP contribution in [0.2, 0.25) is 0 Å². The van der Waals surface area contributed by atoms with Crippen LogP contribution in [-0.4, -0.2) is 6.04 Å². The number of rotatable bonds is 0. The van der Waals surface area contributed by atoms with Crippen LogP contribution in [0.4, 0.5) is 0 Å². The fourth-order valence-electron chi connectivity index (χ4n) is 2.82. The maximum Gasteiger partial charge on any atom is 0.0105 e. The molecule has 2 aliphatic rings. The van der Waals surface area contributed by atoms with E-state index in [1.807, 2.05) is 0 Å². The van der Waals surface area contributed by atoms with Gasteiger partial charge in [0, 0.05) is 6.04 Å². The average molecular weight is 153 g/mol. The Bertz CT molecular complexity index is 155. The molecule has 0 heterocycles. The molecule has 2 rings (SSSR count). The van der Waals surface area contributed by atoms with Crippen molar-refractivity contribution in [3.63, 3.8) is 0 Å². The molecule has 1 heteroatoms. The Morgan fingerprint density at radius 3 is 2.64 bits per heavy atom. The van der Waals surface area contributed by atoms with Crippen molar-refractivity contribution in [3.05, 3.63) is 0 Å². The van der Waals surface area contributed by atoms with Crippen LogP contribution in [0.1, 0.15) is 45.4 Å². The van der Waals surface area contributed by atoms with Gasteiger partial charge in [0.2, 0.25) is 0 Å². The van der Waals surface area contributed by atoms with E-state index in [9.17, 15) is 0 Å². The minimum absolute atomic E-state index is 0.551. The summed E-state index contributed by atoms with van der Waals surface area (Å²) in [5, 5.41) is 0. The van der Waals surface area contributed by atoms with Gasteiger partial charge in [-0.25, -0.2) is 0 Å². The van der Waals surface area contributed by atoms with Gasteiger partial charge in [0.05, 0.1) is 0 Å². The molecular formula is C10H19N. The molecule has 0 saturated heterocycles. The molecule has 11 heavy (non-hydrogen) atoms. The lowest BCUT2D eigenvalue weighted by Gasteiger charge is -2.20. The molecule has 64 valence electrons. The molecule has 0 radical (unpaired) electrons. The summed E-state index contributed by atoms with van der Waals surface area (Å²) >= 11 is 0. The average Bonchev–Trinajstić information content (AvgIpc) is 2.65. The second kappa shape index (κ2) is 2.48. The molecule has 2 N–H and O–H groups in total. The van der Waals surface area contributed by atoms with Crippen molar-refractivity contribution >= 4 is 0 Å². The summed E-state index contributed by atoms with van der Waals surface area (Å²) in [7, 11) is 0. The largest absolute Gasteiger partial charge is 0.327 e. The fourth-order valence-corrected chi connectivity index (χ4v) is 2.82. The molecule has 2 aliphatic carbocycles. The summed E-state index contributed by atoms with van der Waals surface area (Å²) in [6.07, 6.45) is 8.46. The standard InChI is InChI=1S/C10H19N/c1-8-5-3-2-4-6-10(8)7-9(10)11/h8-9H,2-7,11H2,1H3. The van der Waals surface area contributed by atoms with Crippen molar-refractivity contribution in [2.24, 2.45) is 17.1 Å². The second-order valence-corrected chi connectivity index (χ2v) is 4.54. The summed E-state index contributed by atoms with van der Waals surface area (Å²) < 4.78 is 0. The van der Waals surface area contributed by atoms with Crippen LogP contribution >= 0.6 is 0 Å². The lowest BCUT2D eigenvalue weighted by Crippen LogP contribution is -2.20. The van der Waals surface area contributed by atoms with Crippen LogP contribution in [0, 0.1) is 11.3 Å². The third-order valence-corrected chi connectivity index (χ3v) is 3.94. The van der Waals surface area contributed by atoms with Gasteiger partial charge in [0.15, 0.2) is 0 Å². The highest BCUT2D eigenvalue weighted by molar-refractivity contribution is 5.08. The van der Waals surface area contributed by atoms with Crippen molar-refractivity contribution in [1.29, 1.82) is 0 Å². The van der Waals surface area contributed by atoms with Crippen molar-refractivity contribution in [3.8, 4) is 0 Å². The second-order valence-electron chi connectivity index (χ2n) is 4.54. The van der Waals surface area contributed by atoms with Gasteiger partial charge in [-0.15, -0.1) is 0 Å². The molecule has 0 aliphatic heterocycles. The lowest BCUT2D eigenvalue weighted by atomic mass is 9.85. The third kappa shape index (κ3) is 1.10. The van der Waals surface area contributed by atoms with Crippen LogP contribution in [0.5, 0.6) is 0 Å². The predicted octanol–water partition coefficient (Wildman–Crippen LogP) is 2.30. The Kier molecular flexibility index (Phi) is 1.71. The lowest BCUT2D eigenvalue weighted by molar-refractivity contribution is 0.301. The SMILES string of the molecule is CC1CCCCCC12CC2N. The molecule has 3 unspecified atom stereocenters. The summed E-state index contributed by atoms with van der Waals surface area (Å²) in [6, 6.07) is 0.551. The van der Waals surface area contributed by atoms with E-state index in [1.165, 1.54) is 38.5 Å². The molecule has 0 bridgehead atoms. The zero-order valence-corrected chi connectivity index (χ0v) is 7.47. The van der Waals surface area contributed by atoms with Gasteiger partial charge >= 0.3 is 0 Å². The highest BCUT2D eigenvalue weighted by Crippen LogP contribution is 2.57. The molecule has 0 aromatic heterocycles. The first-order valence-electron chi connectivity index (χ1n) is 5.01. The van der Waals surface area contributed by atoms with Crippen LogP contribution in [0.3, 0.4) is 0 Å². The minimum atomic E-state index is 0.551. The van der Waals surface area contributed by atoms with Crippen LogP contribution in [0.15, 0.2) is 0 Å². The van der Waals surface area contributed by atoms with Crippen LogP contribution in [-0.2, 0) is 0 Å². The van der Waals surface area contributed by atoms with Crippen LogP contribution in [0.25, 0.3) is 0 Å². The van der Waals surface area contributed by atoms with Gasteiger partial charge in [0.25, 0.3) is 0 Å². The summed E-state index contributed by atoms with van der Waals surface area (Å²) in [4.78, 5) is 0. The van der Waals surface area contributed by atoms with Crippen molar-refractivity contribution < 1.29 is 0 Å². The Hall–Kier alpha value is -0.0400. The quantitative estimate of drug-likeness (QED) is 0.568. The van der Waals surface area contributed by atoms with Gasteiger partial charge in [-0.3, -0.25) is 0 Å². The normalized spacial score (nSPS) is 50.7. The van der Waals surface area contributed by atoms with E-state index in [-0.39, 0.29) is 0 Å². The topological polar surface area (TPSA) is 26.0 Å². The molecule has 0 amide bonds. The number of hydrogen-bond acceptors (Lipinski definition) is 1. The monoisotopic (exact) mass is 153 g/mol. The molecule has 1 nitrogen and oxygen atoms in total. The Balaban J connectivity index is 2.05. The van der Waals surface area contributed by atoms with E-state index in [0.29, 0.717) is 11.5 Å². The van der Waals surface area contributed by atoms with Gasteiger partial charge in [-0.1, -0.05) is 32.6 Å². The zero-order valence-electron chi connectivity index (χ0n) is 7.47. The molecular weight excluding hydrogens is 134 g/mol. The molecule has 3 atom stereocenters. The molecule has 0 aromatic rings. The zero-order chi connectivity index (χ0) is 7.90. The van der Waals surface area contributed by atoms with E-state index in [0.717, 1.165) is 5.92 Å². The first-order chi connectivity index (χ1) is 5.26. The Morgan fingerprint density at radius 2 is 2.00 bits per heavy atom. The molecule has 0 aromatic carbocycles. The first-order valence-corrected chi connectivity index (χ1v) is 5.01. The first kappa shape index (κ1) is 7.60. The van der Waals surface area contributed by atoms with Crippen molar-refractivity contribution in [2.75, 3.05) is 0 Å².